The van der Waals surface area contributed by atoms with Crippen molar-refractivity contribution >= 4 is 17.6 Å². The molecule has 0 aliphatic carbocycles. The summed E-state index contributed by atoms with van der Waals surface area (Å²) in [4.78, 5) is 25.2. The van der Waals surface area contributed by atoms with Crippen LogP contribution in [0, 0.1) is 0 Å². The second-order valence-corrected chi connectivity index (χ2v) is 7.35. The lowest BCUT2D eigenvalue weighted by Gasteiger charge is -2.39. The largest absolute Gasteiger partial charge is 0.508 e. The Morgan fingerprint density at radius 2 is 1.74 bits per heavy atom. The molecule has 0 saturated carbocycles. The minimum Gasteiger partial charge on any atom is -0.508 e. The summed E-state index contributed by atoms with van der Waals surface area (Å²) in [5.41, 5.74) is -0.161. The predicted octanol–water partition coefficient (Wildman–Crippen LogP) is -0.382. The Kier molecular flexibility index (Phi) is 7.91. The Labute approximate surface area is 193 Å². The first-order valence-corrected chi connectivity index (χ1v) is 10.1. The number of aromatic hydroxyl groups is 1. The van der Waals surface area contributed by atoms with Gasteiger partial charge in [0, 0.05) is 0 Å². The Balaban J connectivity index is 1.92. The second kappa shape index (κ2) is 10.7. The van der Waals surface area contributed by atoms with Gasteiger partial charge in [0.2, 0.25) is 6.29 Å². The van der Waals surface area contributed by atoms with Gasteiger partial charge in [0.1, 0.15) is 41.7 Å². The van der Waals surface area contributed by atoms with Gasteiger partial charge in [0.05, 0.1) is 37.6 Å². The topological polar surface area (TPSA) is 184 Å². The number of phenols is 1. The summed E-state index contributed by atoms with van der Waals surface area (Å²) in [5, 5.41) is 51.8. The van der Waals surface area contributed by atoms with Crippen LogP contribution in [0.25, 0.3) is 0 Å². The van der Waals surface area contributed by atoms with E-state index in [0.29, 0.717) is 0 Å². The highest BCUT2D eigenvalue weighted by Crippen LogP contribution is 2.30. The summed E-state index contributed by atoms with van der Waals surface area (Å²) in [6, 6.07) is 7.84. The Bertz CT molecular complexity index is 1040. The maximum absolute atomic E-state index is 13.1. The van der Waals surface area contributed by atoms with Gasteiger partial charge in [-0.1, -0.05) is 0 Å². The number of carbonyl (C=O) groups is 2. The average Bonchev–Trinajstić information content (AvgIpc) is 2.84. The summed E-state index contributed by atoms with van der Waals surface area (Å²) in [6.45, 7) is -0.655. The van der Waals surface area contributed by atoms with Crippen LogP contribution in [-0.2, 0) is 9.47 Å². The smallest absolute Gasteiger partial charge is 0.340 e. The molecule has 0 spiro atoms. The van der Waals surface area contributed by atoms with Gasteiger partial charge in [0.15, 0.2) is 0 Å². The molecule has 1 amide bonds. The van der Waals surface area contributed by atoms with Gasteiger partial charge in [-0.15, -0.1) is 0 Å². The van der Waals surface area contributed by atoms with Crippen LogP contribution in [0.2, 0.25) is 0 Å². The molecule has 5 atom stereocenters. The number of aliphatic hydroxyl groups excluding tert-OH is 4. The van der Waals surface area contributed by atoms with Gasteiger partial charge >= 0.3 is 5.97 Å². The van der Waals surface area contributed by atoms with Crippen LogP contribution in [0.4, 0.5) is 5.69 Å². The highest BCUT2D eigenvalue weighted by molar-refractivity contribution is 6.09. The fourth-order valence-electron chi connectivity index (χ4n) is 3.32. The van der Waals surface area contributed by atoms with Crippen LogP contribution in [-0.4, -0.2) is 88.9 Å². The molecule has 0 radical (unpaired) electrons. The minimum absolute atomic E-state index is 0.0382. The van der Waals surface area contributed by atoms with Gasteiger partial charge < -0.3 is 49.8 Å². The summed E-state index contributed by atoms with van der Waals surface area (Å²) in [5.74, 6) is -1.58. The molecular weight excluding hydrogens is 454 g/mol. The third kappa shape index (κ3) is 5.21. The zero-order chi connectivity index (χ0) is 25.0. The second-order valence-electron chi connectivity index (χ2n) is 7.35. The fourth-order valence-corrected chi connectivity index (χ4v) is 3.32. The van der Waals surface area contributed by atoms with Gasteiger partial charge in [-0.25, -0.2) is 4.79 Å². The molecule has 1 fully saturated rings. The predicted molar refractivity (Wildman–Crippen MR) is 115 cm³/mol. The average molecular weight is 479 g/mol. The molecule has 2 aromatic rings. The zero-order valence-corrected chi connectivity index (χ0v) is 18.2. The molecule has 1 saturated heterocycles. The zero-order valence-electron chi connectivity index (χ0n) is 18.2. The van der Waals surface area contributed by atoms with E-state index in [9.17, 15) is 35.1 Å². The van der Waals surface area contributed by atoms with Gasteiger partial charge in [-0.2, -0.15) is 0 Å². The number of aliphatic hydroxyl groups is 4. The van der Waals surface area contributed by atoms with Crippen molar-refractivity contribution in [3.05, 3.63) is 47.5 Å². The van der Waals surface area contributed by atoms with Crippen LogP contribution in [0.3, 0.4) is 0 Å². The molecule has 0 aromatic heterocycles. The van der Waals surface area contributed by atoms with E-state index in [0.717, 1.165) is 13.2 Å². The molecule has 3 rings (SSSR count). The van der Waals surface area contributed by atoms with Crippen molar-refractivity contribution in [3.8, 4) is 17.2 Å². The van der Waals surface area contributed by atoms with E-state index in [-0.39, 0.29) is 34.1 Å². The van der Waals surface area contributed by atoms with Crippen molar-refractivity contribution in [2.24, 2.45) is 0 Å². The molecule has 0 unspecified atom stereocenters. The van der Waals surface area contributed by atoms with E-state index >= 15 is 0 Å². The van der Waals surface area contributed by atoms with Crippen molar-refractivity contribution in [2.45, 2.75) is 30.7 Å². The number of ether oxygens (including phenoxy) is 4. The van der Waals surface area contributed by atoms with E-state index in [1.54, 1.807) is 0 Å². The molecule has 12 nitrogen and oxygen atoms in total. The van der Waals surface area contributed by atoms with Crippen LogP contribution in [0.15, 0.2) is 36.4 Å². The highest BCUT2D eigenvalue weighted by atomic mass is 16.7. The molecule has 0 bridgehead atoms. The summed E-state index contributed by atoms with van der Waals surface area (Å²) >= 11 is 0. The molecule has 1 aliphatic rings. The Morgan fingerprint density at radius 1 is 1.00 bits per heavy atom. The Morgan fingerprint density at radius 3 is 2.38 bits per heavy atom. The number of anilines is 1. The first-order valence-electron chi connectivity index (χ1n) is 10.1. The number of amides is 1. The van der Waals surface area contributed by atoms with Crippen LogP contribution in [0.5, 0.6) is 17.2 Å². The number of hydrogen-bond acceptors (Lipinski definition) is 11. The fraction of sp³-hybridized carbons (Fsp3) is 0.364. The molecule has 12 heteroatoms. The standard InChI is InChI=1S/C22H25NO11/c1-31-11-4-6-15(33-22-19(28)18(27)17(26)16(9-24)34-22)13(8-11)20(29)23-14-5-3-10(25)7-12(14)21(30)32-2/h3-8,16-19,22,24-28H,9H2,1-2H3,(H,23,29)/t16-,17-,18+,19-,22-/m1/s1. The molecule has 6 N–H and O–H groups in total. The number of carbonyl (C=O) groups excluding carboxylic acids is 2. The molecule has 34 heavy (non-hydrogen) atoms. The molecule has 1 aliphatic heterocycles. The van der Waals surface area contributed by atoms with Gasteiger partial charge in [0.25, 0.3) is 5.91 Å². The van der Waals surface area contributed by atoms with E-state index in [1.807, 2.05) is 0 Å². The number of hydrogen-bond donors (Lipinski definition) is 6. The maximum atomic E-state index is 13.1. The SMILES string of the molecule is COC(=O)c1cc(O)ccc1NC(=O)c1cc(OC)ccc1O[C@@H]1O[C@H](CO)[C@@H](O)[C@H](O)[C@H]1O. The summed E-state index contributed by atoms with van der Waals surface area (Å²) in [7, 11) is 2.52. The van der Waals surface area contributed by atoms with E-state index < -0.39 is 49.2 Å². The molecule has 2 aromatic carbocycles. The van der Waals surface area contributed by atoms with Crippen molar-refractivity contribution in [1.29, 1.82) is 0 Å². The quantitative estimate of drug-likeness (QED) is 0.225. The molecule has 1 heterocycles. The number of rotatable bonds is 7. The van der Waals surface area contributed by atoms with Crippen LogP contribution in [0.1, 0.15) is 20.7 Å². The number of benzene rings is 2. The van der Waals surface area contributed by atoms with Gasteiger partial charge in [-0.05, 0) is 36.4 Å². The van der Waals surface area contributed by atoms with Crippen molar-refractivity contribution in [1.82, 2.24) is 0 Å². The number of nitrogens with one attached hydrogen (secondary N) is 1. The van der Waals surface area contributed by atoms with Crippen molar-refractivity contribution < 1.29 is 54.1 Å². The number of phenolic OH excluding ortho intramolecular Hbond substituents is 1. The lowest BCUT2D eigenvalue weighted by molar-refractivity contribution is -0.277. The van der Waals surface area contributed by atoms with Crippen LogP contribution < -0.4 is 14.8 Å². The van der Waals surface area contributed by atoms with E-state index in [4.69, 9.17) is 14.2 Å². The minimum atomic E-state index is -1.70. The van der Waals surface area contributed by atoms with Gasteiger partial charge in [-0.3, -0.25) is 4.79 Å². The molecular formula is C22H25NO11. The lowest BCUT2D eigenvalue weighted by Crippen LogP contribution is -2.60. The van der Waals surface area contributed by atoms with Crippen molar-refractivity contribution in [2.75, 3.05) is 26.1 Å². The van der Waals surface area contributed by atoms with E-state index in [1.165, 1.54) is 37.4 Å². The Hall–Kier alpha value is -3.42. The van der Waals surface area contributed by atoms with E-state index in [2.05, 4.69) is 10.1 Å². The third-order valence-corrected chi connectivity index (χ3v) is 5.18. The summed E-state index contributed by atoms with van der Waals surface area (Å²) in [6.07, 6.45) is -7.69. The number of esters is 1. The maximum Gasteiger partial charge on any atom is 0.340 e. The number of methoxy groups -OCH3 is 2. The molecule has 184 valence electrons. The first-order chi connectivity index (χ1) is 16.2. The van der Waals surface area contributed by atoms with Crippen LogP contribution >= 0.6 is 0 Å². The first kappa shape index (κ1) is 25.2. The summed E-state index contributed by atoms with van der Waals surface area (Å²) < 4.78 is 20.8. The van der Waals surface area contributed by atoms with Crippen molar-refractivity contribution in [3.63, 3.8) is 0 Å². The normalized spacial score (nSPS) is 24.2. The highest BCUT2D eigenvalue weighted by Gasteiger charge is 2.45. The monoisotopic (exact) mass is 479 g/mol. The third-order valence-electron chi connectivity index (χ3n) is 5.18. The lowest BCUT2D eigenvalue weighted by atomic mass is 9.99.